The first kappa shape index (κ1) is 14.3. The molecule has 0 radical (unpaired) electrons. The highest BCUT2D eigenvalue weighted by Gasteiger charge is 2.10. The van der Waals surface area contributed by atoms with Gasteiger partial charge in [-0.05, 0) is 37.5 Å². The summed E-state index contributed by atoms with van der Waals surface area (Å²) in [7, 11) is 0. The molecule has 1 aromatic heterocycles. The molecule has 1 N–H and O–H groups in total. The van der Waals surface area contributed by atoms with E-state index in [0.29, 0.717) is 12.5 Å². The first-order valence-electron chi connectivity index (χ1n) is 6.94. The monoisotopic (exact) mass is 271 g/mol. The molecule has 106 valence electrons. The number of aromatic nitrogens is 2. The molecule has 4 heteroatoms. The molecule has 4 nitrogen and oxygen atoms in total. The van der Waals surface area contributed by atoms with E-state index in [1.54, 1.807) is 12.4 Å². The van der Waals surface area contributed by atoms with Crippen LogP contribution in [-0.2, 0) is 0 Å². The Morgan fingerprint density at radius 2 is 1.85 bits per heavy atom. The second kappa shape index (κ2) is 6.89. The molecule has 0 saturated heterocycles. The zero-order valence-corrected chi connectivity index (χ0v) is 12.3. The molecular formula is C16H21N3O. The van der Waals surface area contributed by atoms with Crippen molar-refractivity contribution in [3.05, 3.63) is 47.8 Å². The van der Waals surface area contributed by atoms with E-state index < -0.39 is 0 Å². The lowest BCUT2D eigenvalue weighted by molar-refractivity contribution is 0.208. The van der Waals surface area contributed by atoms with Crippen LogP contribution in [0.15, 0.2) is 36.7 Å². The molecule has 0 bridgehead atoms. The van der Waals surface area contributed by atoms with Gasteiger partial charge in [0.25, 0.3) is 0 Å². The summed E-state index contributed by atoms with van der Waals surface area (Å²) in [5.74, 6) is 1.58. The van der Waals surface area contributed by atoms with Crippen LogP contribution in [-0.4, -0.2) is 22.6 Å². The minimum absolute atomic E-state index is 0.0982. The maximum Gasteiger partial charge on any atom is 0.222 e. The van der Waals surface area contributed by atoms with Crippen LogP contribution in [0.3, 0.4) is 0 Å². The lowest BCUT2D eigenvalue weighted by atomic mass is 10.2. The SMILES string of the molecule is CCC(CNc1ncc(C)cn1)Oc1ccccc1C. The first-order valence-corrected chi connectivity index (χ1v) is 6.94. The summed E-state index contributed by atoms with van der Waals surface area (Å²) in [6, 6.07) is 8.06. The standard InChI is InChI=1S/C16H21N3O/c1-4-14(20-15-8-6-5-7-13(15)3)11-19-16-17-9-12(2)10-18-16/h5-10,14H,4,11H2,1-3H3,(H,17,18,19). The van der Waals surface area contributed by atoms with Gasteiger partial charge in [0.15, 0.2) is 0 Å². The molecule has 1 unspecified atom stereocenters. The fourth-order valence-corrected chi connectivity index (χ4v) is 1.83. The van der Waals surface area contributed by atoms with E-state index in [0.717, 1.165) is 23.3 Å². The minimum Gasteiger partial charge on any atom is -0.488 e. The van der Waals surface area contributed by atoms with Crippen molar-refractivity contribution in [2.75, 3.05) is 11.9 Å². The molecule has 0 spiro atoms. The van der Waals surface area contributed by atoms with Gasteiger partial charge in [-0.15, -0.1) is 0 Å². The van der Waals surface area contributed by atoms with Crippen molar-refractivity contribution in [2.45, 2.75) is 33.3 Å². The fraction of sp³-hybridized carbons (Fsp3) is 0.375. The Morgan fingerprint density at radius 1 is 1.15 bits per heavy atom. The normalized spacial score (nSPS) is 11.9. The molecule has 1 heterocycles. The number of hydrogen-bond donors (Lipinski definition) is 1. The number of aryl methyl sites for hydroxylation is 2. The number of para-hydroxylation sites is 1. The third-order valence-electron chi connectivity index (χ3n) is 3.11. The van der Waals surface area contributed by atoms with Gasteiger partial charge in [-0.25, -0.2) is 9.97 Å². The Hall–Kier alpha value is -2.10. The van der Waals surface area contributed by atoms with Gasteiger partial charge in [0.05, 0.1) is 6.54 Å². The van der Waals surface area contributed by atoms with Crippen LogP contribution in [0.5, 0.6) is 5.75 Å². The van der Waals surface area contributed by atoms with Crippen molar-refractivity contribution in [1.82, 2.24) is 9.97 Å². The second-order valence-corrected chi connectivity index (χ2v) is 4.88. The van der Waals surface area contributed by atoms with Crippen molar-refractivity contribution in [3.63, 3.8) is 0 Å². The van der Waals surface area contributed by atoms with Crippen LogP contribution in [0.25, 0.3) is 0 Å². The highest BCUT2D eigenvalue weighted by Crippen LogP contribution is 2.18. The van der Waals surface area contributed by atoms with E-state index in [9.17, 15) is 0 Å². The van der Waals surface area contributed by atoms with E-state index in [-0.39, 0.29) is 6.10 Å². The van der Waals surface area contributed by atoms with Crippen LogP contribution < -0.4 is 10.1 Å². The molecule has 1 aromatic carbocycles. The summed E-state index contributed by atoms with van der Waals surface area (Å²) in [5, 5.41) is 3.22. The van der Waals surface area contributed by atoms with E-state index in [1.165, 1.54) is 0 Å². The number of ether oxygens (including phenoxy) is 1. The Labute approximate surface area is 120 Å². The summed E-state index contributed by atoms with van der Waals surface area (Å²) in [6.07, 6.45) is 4.63. The molecular weight excluding hydrogens is 250 g/mol. The topological polar surface area (TPSA) is 47.0 Å². The Morgan fingerprint density at radius 3 is 2.50 bits per heavy atom. The predicted molar refractivity (Wildman–Crippen MR) is 81.1 cm³/mol. The molecule has 20 heavy (non-hydrogen) atoms. The van der Waals surface area contributed by atoms with Crippen LogP contribution in [0, 0.1) is 13.8 Å². The maximum absolute atomic E-state index is 6.02. The number of anilines is 1. The lowest BCUT2D eigenvalue weighted by Crippen LogP contribution is -2.26. The van der Waals surface area contributed by atoms with Crippen LogP contribution in [0.2, 0.25) is 0 Å². The highest BCUT2D eigenvalue weighted by molar-refractivity contribution is 5.32. The van der Waals surface area contributed by atoms with Gasteiger partial charge in [-0.2, -0.15) is 0 Å². The highest BCUT2D eigenvalue weighted by atomic mass is 16.5. The largest absolute Gasteiger partial charge is 0.488 e. The first-order chi connectivity index (χ1) is 9.69. The van der Waals surface area contributed by atoms with Gasteiger partial charge in [-0.3, -0.25) is 0 Å². The number of nitrogens with one attached hydrogen (secondary N) is 1. The summed E-state index contributed by atoms with van der Waals surface area (Å²) in [5.41, 5.74) is 2.20. The summed E-state index contributed by atoms with van der Waals surface area (Å²) in [6.45, 7) is 6.83. The van der Waals surface area contributed by atoms with Crippen molar-refractivity contribution < 1.29 is 4.74 Å². The third-order valence-corrected chi connectivity index (χ3v) is 3.11. The van der Waals surface area contributed by atoms with Crippen LogP contribution in [0.1, 0.15) is 24.5 Å². The molecule has 1 atom stereocenters. The maximum atomic E-state index is 6.02. The van der Waals surface area contributed by atoms with Gasteiger partial charge in [0.2, 0.25) is 5.95 Å². The number of rotatable bonds is 6. The van der Waals surface area contributed by atoms with Gasteiger partial charge in [0, 0.05) is 12.4 Å². The van der Waals surface area contributed by atoms with E-state index >= 15 is 0 Å². The van der Waals surface area contributed by atoms with Gasteiger partial charge >= 0.3 is 0 Å². The molecule has 0 fully saturated rings. The average Bonchev–Trinajstić information content (AvgIpc) is 2.47. The van der Waals surface area contributed by atoms with Crippen molar-refractivity contribution >= 4 is 5.95 Å². The van der Waals surface area contributed by atoms with Crippen molar-refractivity contribution in [2.24, 2.45) is 0 Å². The van der Waals surface area contributed by atoms with E-state index in [1.807, 2.05) is 25.1 Å². The second-order valence-electron chi connectivity index (χ2n) is 4.88. The van der Waals surface area contributed by atoms with Crippen molar-refractivity contribution in [1.29, 1.82) is 0 Å². The van der Waals surface area contributed by atoms with Crippen LogP contribution in [0.4, 0.5) is 5.95 Å². The zero-order valence-electron chi connectivity index (χ0n) is 12.3. The zero-order chi connectivity index (χ0) is 14.4. The average molecular weight is 271 g/mol. The van der Waals surface area contributed by atoms with Gasteiger partial charge < -0.3 is 10.1 Å². The Balaban J connectivity index is 1.92. The molecule has 2 rings (SSSR count). The number of hydrogen-bond acceptors (Lipinski definition) is 4. The van der Waals surface area contributed by atoms with E-state index in [4.69, 9.17) is 4.74 Å². The number of nitrogens with zero attached hydrogens (tertiary/aromatic N) is 2. The smallest absolute Gasteiger partial charge is 0.222 e. The number of benzene rings is 1. The minimum atomic E-state index is 0.0982. The Kier molecular flexibility index (Phi) is 4.93. The third kappa shape index (κ3) is 3.95. The molecule has 2 aromatic rings. The molecule has 0 aliphatic carbocycles. The summed E-state index contributed by atoms with van der Waals surface area (Å²) in [4.78, 5) is 8.46. The van der Waals surface area contributed by atoms with Gasteiger partial charge in [0.1, 0.15) is 11.9 Å². The Bertz CT molecular complexity index is 540. The quantitative estimate of drug-likeness (QED) is 0.875. The fourth-order valence-electron chi connectivity index (χ4n) is 1.83. The predicted octanol–water partition coefficient (Wildman–Crippen LogP) is 3.36. The molecule has 0 saturated carbocycles. The van der Waals surface area contributed by atoms with Gasteiger partial charge in [-0.1, -0.05) is 25.1 Å². The molecule has 0 aliphatic rings. The molecule has 0 aliphatic heterocycles. The summed E-state index contributed by atoms with van der Waals surface area (Å²) >= 11 is 0. The van der Waals surface area contributed by atoms with Crippen molar-refractivity contribution in [3.8, 4) is 5.75 Å². The lowest BCUT2D eigenvalue weighted by Gasteiger charge is -2.19. The van der Waals surface area contributed by atoms with Crippen LogP contribution >= 0.6 is 0 Å². The van der Waals surface area contributed by atoms with E-state index in [2.05, 4.69) is 35.2 Å². The summed E-state index contributed by atoms with van der Waals surface area (Å²) < 4.78 is 6.02. The molecule has 0 amide bonds.